The number of H-pyrrole nitrogens is 1. The molecule has 0 fully saturated rings. The van der Waals surface area contributed by atoms with Crippen molar-refractivity contribution in [3.63, 3.8) is 0 Å². The molecule has 3 heterocycles. The van der Waals surface area contributed by atoms with Crippen molar-refractivity contribution in [2.75, 3.05) is 5.32 Å². The number of rotatable bonds is 1. The molecular formula is C24H29N3O. The number of carbonyl (C=O) groups excluding carboxylic acids is 1. The van der Waals surface area contributed by atoms with Gasteiger partial charge in [0.1, 0.15) is 5.65 Å². The number of hydrogen-bond acceptors (Lipinski definition) is 2. The molecule has 0 radical (unpaired) electrons. The van der Waals surface area contributed by atoms with Crippen LogP contribution in [0.2, 0.25) is 0 Å². The molecule has 4 rings (SSSR count). The minimum absolute atomic E-state index is 0.0244. The number of nitrogens with zero attached hydrogens (tertiary/aromatic N) is 1. The van der Waals surface area contributed by atoms with Crippen LogP contribution in [0.25, 0.3) is 22.2 Å². The molecule has 0 aliphatic carbocycles. The van der Waals surface area contributed by atoms with Gasteiger partial charge in [-0.1, -0.05) is 47.6 Å². The first kappa shape index (κ1) is 18.7. The number of fused-ring (bicyclic) bond motifs is 2. The van der Waals surface area contributed by atoms with E-state index in [0.717, 1.165) is 34.3 Å². The Labute approximate surface area is 166 Å². The van der Waals surface area contributed by atoms with E-state index >= 15 is 0 Å². The second-order valence-electron chi connectivity index (χ2n) is 9.93. The molecule has 2 aromatic heterocycles. The fourth-order valence-electron chi connectivity index (χ4n) is 3.78. The van der Waals surface area contributed by atoms with E-state index in [0.29, 0.717) is 6.42 Å². The standard InChI is InChI=1S/C24H29N3O/c1-23(2,3)15-9-14-7-8-20(28)27-21(14)17(10-15)19-13-26-22-18(19)11-16(12-25-22)24(4,5)6/h9-13H,7-8H2,1-6H3,(H,25,26)(H,27,28). The minimum Gasteiger partial charge on any atom is -0.346 e. The number of anilines is 1. The summed E-state index contributed by atoms with van der Waals surface area (Å²) in [6, 6.07) is 6.72. The van der Waals surface area contributed by atoms with Crippen LogP contribution in [-0.4, -0.2) is 15.9 Å². The van der Waals surface area contributed by atoms with Gasteiger partial charge in [0.05, 0.1) is 5.69 Å². The second-order valence-corrected chi connectivity index (χ2v) is 9.93. The van der Waals surface area contributed by atoms with Crippen LogP contribution < -0.4 is 5.32 Å². The average Bonchev–Trinajstić information content (AvgIpc) is 3.02. The lowest BCUT2D eigenvalue weighted by Gasteiger charge is -2.26. The van der Waals surface area contributed by atoms with Gasteiger partial charge in [-0.25, -0.2) is 4.98 Å². The summed E-state index contributed by atoms with van der Waals surface area (Å²) in [6.07, 6.45) is 5.30. The Morgan fingerprint density at radius 1 is 0.893 bits per heavy atom. The van der Waals surface area contributed by atoms with Crippen LogP contribution in [0.4, 0.5) is 5.69 Å². The summed E-state index contributed by atoms with van der Waals surface area (Å²) in [7, 11) is 0. The van der Waals surface area contributed by atoms with Gasteiger partial charge in [-0.05, 0) is 46.1 Å². The third-order valence-corrected chi connectivity index (χ3v) is 5.66. The maximum absolute atomic E-state index is 12.1. The highest BCUT2D eigenvalue weighted by atomic mass is 16.1. The van der Waals surface area contributed by atoms with Gasteiger partial charge in [0.25, 0.3) is 0 Å². The normalized spacial score (nSPS) is 14.9. The minimum atomic E-state index is 0.0244. The van der Waals surface area contributed by atoms with Crippen LogP contribution in [0.5, 0.6) is 0 Å². The van der Waals surface area contributed by atoms with Gasteiger partial charge in [0, 0.05) is 35.3 Å². The highest BCUT2D eigenvalue weighted by Gasteiger charge is 2.25. The molecule has 1 aromatic carbocycles. The molecular weight excluding hydrogens is 346 g/mol. The van der Waals surface area contributed by atoms with E-state index < -0.39 is 0 Å². The molecule has 2 N–H and O–H groups in total. The first-order valence-electron chi connectivity index (χ1n) is 9.99. The van der Waals surface area contributed by atoms with E-state index in [-0.39, 0.29) is 16.7 Å². The highest BCUT2D eigenvalue weighted by molar-refractivity contribution is 6.04. The van der Waals surface area contributed by atoms with Crippen molar-refractivity contribution in [3.8, 4) is 11.1 Å². The van der Waals surface area contributed by atoms with Crippen molar-refractivity contribution in [2.45, 2.75) is 65.2 Å². The summed E-state index contributed by atoms with van der Waals surface area (Å²) >= 11 is 0. The zero-order valence-electron chi connectivity index (χ0n) is 17.7. The van der Waals surface area contributed by atoms with Gasteiger partial charge in [-0.15, -0.1) is 0 Å². The Balaban J connectivity index is 1.99. The molecule has 0 atom stereocenters. The number of aromatic nitrogens is 2. The fraction of sp³-hybridized carbons (Fsp3) is 0.417. The lowest BCUT2D eigenvalue weighted by molar-refractivity contribution is -0.116. The molecule has 0 bridgehead atoms. The number of nitrogens with one attached hydrogen (secondary N) is 2. The van der Waals surface area contributed by atoms with Crippen LogP contribution in [0.1, 0.15) is 64.7 Å². The van der Waals surface area contributed by atoms with Gasteiger partial charge in [-0.2, -0.15) is 0 Å². The quantitative estimate of drug-likeness (QED) is 0.572. The van der Waals surface area contributed by atoms with Gasteiger partial charge in [-0.3, -0.25) is 4.79 Å². The van der Waals surface area contributed by atoms with Gasteiger partial charge >= 0.3 is 0 Å². The van der Waals surface area contributed by atoms with Crippen LogP contribution >= 0.6 is 0 Å². The van der Waals surface area contributed by atoms with Crippen LogP contribution in [0, 0.1) is 0 Å². The molecule has 1 aliphatic rings. The number of carbonyl (C=O) groups is 1. The smallest absolute Gasteiger partial charge is 0.224 e. The predicted molar refractivity (Wildman–Crippen MR) is 116 cm³/mol. The van der Waals surface area contributed by atoms with Gasteiger partial charge < -0.3 is 10.3 Å². The first-order valence-corrected chi connectivity index (χ1v) is 9.99. The molecule has 0 unspecified atom stereocenters. The third-order valence-electron chi connectivity index (χ3n) is 5.66. The molecule has 0 spiro atoms. The van der Waals surface area contributed by atoms with Crippen molar-refractivity contribution in [2.24, 2.45) is 0 Å². The lowest BCUT2D eigenvalue weighted by atomic mass is 9.82. The van der Waals surface area contributed by atoms with Gasteiger partial charge in [0.15, 0.2) is 0 Å². The van der Waals surface area contributed by atoms with Crippen molar-refractivity contribution in [1.82, 2.24) is 9.97 Å². The van der Waals surface area contributed by atoms with Crippen LogP contribution in [0.3, 0.4) is 0 Å². The molecule has 3 aromatic rings. The third kappa shape index (κ3) is 3.21. The summed E-state index contributed by atoms with van der Waals surface area (Å²) in [5, 5.41) is 4.23. The van der Waals surface area contributed by atoms with E-state index in [1.807, 2.05) is 12.4 Å². The molecule has 146 valence electrons. The molecule has 4 nitrogen and oxygen atoms in total. The first-order chi connectivity index (χ1) is 13.0. The van der Waals surface area contributed by atoms with E-state index in [2.05, 4.69) is 75.0 Å². The SMILES string of the molecule is CC(C)(C)c1cc2c(c(-c3c[nH]c4ncc(C(C)(C)C)cc34)c1)NC(=O)CC2. The van der Waals surface area contributed by atoms with Crippen LogP contribution in [0.15, 0.2) is 30.6 Å². The summed E-state index contributed by atoms with van der Waals surface area (Å²) < 4.78 is 0. The Morgan fingerprint density at radius 3 is 2.29 bits per heavy atom. The molecule has 28 heavy (non-hydrogen) atoms. The second kappa shape index (κ2) is 6.20. The monoisotopic (exact) mass is 375 g/mol. The van der Waals surface area contributed by atoms with Gasteiger partial charge in [0.2, 0.25) is 5.91 Å². The molecule has 1 aliphatic heterocycles. The van der Waals surface area contributed by atoms with E-state index in [1.54, 1.807) is 0 Å². The lowest BCUT2D eigenvalue weighted by Crippen LogP contribution is -2.21. The number of amides is 1. The fourth-order valence-corrected chi connectivity index (χ4v) is 3.78. The van der Waals surface area contributed by atoms with Crippen molar-refractivity contribution in [3.05, 3.63) is 47.3 Å². The van der Waals surface area contributed by atoms with E-state index in [9.17, 15) is 4.79 Å². The number of aromatic amines is 1. The summed E-state index contributed by atoms with van der Waals surface area (Å²) in [4.78, 5) is 20.1. The molecule has 1 amide bonds. The van der Waals surface area contributed by atoms with Crippen molar-refractivity contribution < 1.29 is 4.79 Å². The maximum Gasteiger partial charge on any atom is 0.224 e. The Bertz CT molecular complexity index is 1080. The molecule has 4 heteroatoms. The largest absolute Gasteiger partial charge is 0.346 e. The highest BCUT2D eigenvalue weighted by Crippen LogP contribution is 2.41. The molecule has 0 saturated carbocycles. The number of hydrogen-bond donors (Lipinski definition) is 2. The summed E-state index contributed by atoms with van der Waals surface area (Å²) in [5.41, 5.74) is 7.76. The van der Waals surface area contributed by atoms with Crippen molar-refractivity contribution in [1.29, 1.82) is 0 Å². The summed E-state index contributed by atoms with van der Waals surface area (Å²) in [5.74, 6) is 0.0885. The Kier molecular flexibility index (Phi) is 4.14. The molecule has 0 saturated heterocycles. The maximum atomic E-state index is 12.1. The van der Waals surface area contributed by atoms with Crippen LogP contribution in [-0.2, 0) is 22.0 Å². The number of aryl methyl sites for hydroxylation is 1. The predicted octanol–water partition coefficient (Wildman–Crippen LogP) is 5.71. The van der Waals surface area contributed by atoms with E-state index in [4.69, 9.17) is 0 Å². The van der Waals surface area contributed by atoms with Crippen molar-refractivity contribution >= 4 is 22.6 Å². The summed E-state index contributed by atoms with van der Waals surface area (Å²) in [6.45, 7) is 13.3. The zero-order chi connectivity index (χ0) is 20.3. The zero-order valence-corrected chi connectivity index (χ0v) is 17.7. The average molecular weight is 376 g/mol. The Morgan fingerprint density at radius 2 is 1.61 bits per heavy atom. The van der Waals surface area contributed by atoms with E-state index in [1.165, 1.54) is 16.7 Å². The topological polar surface area (TPSA) is 57.8 Å². The Hall–Kier alpha value is -2.62. The number of pyridine rings is 1. The number of benzene rings is 1.